The second-order valence-corrected chi connectivity index (χ2v) is 7.19. The molecule has 2 N–H and O–H groups in total. The second-order valence-electron chi connectivity index (χ2n) is 4.91. The van der Waals surface area contributed by atoms with Gasteiger partial charge in [0.1, 0.15) is 10.0 Å². The van der Waals surface area contributed by atoms with E-state index in [1.54, 1.807) is 16.9 Å². The summed E-state index contributed by atoms with van der Waals surface area (Å²) in [4.78, 5) is 0. The second kappa shape index (κ2) is 5.37. The summed E-state index contributed by atoms with van der Waals surface area (Å²) < 4.78 is 2.99. The number of hydrogen-bond acceptors (Lipinski definition) is 3. The van der Waals surface area contributed by atoms with Crippen LogP contribution in [0.5, 0.6) is 0 Å². The van der Waals surface area contributed by atoms with Crippen LogP contribution in [-0.4, -0.2) is 9.78 Å². The van der Waals surface area contributed by atoms with Gasteiger partial charge < -0.3 is 5.73 Å². The van der Waals surface area contributed by atoms with Crippen molar-refractivity contribution in [1.29, 1.82) is 0 Å². The molecule has 3 rings (SSSR count). The number of benzene rings is 1. The highest BCUT2D eigenvalue weighted by Gasteiger charge is 2.16. The van der Waals surface area contributed by atoms with Crippen LogP contribution in [0.4, 0.5) is 5.69 Å². The third-order valence-electron chi connectivity index (χ3n) is 3.25. The molecule has 0 aliphatic rings. The highest BCUT2D eigenvalue weighted by Crippen LogP contribution is 2.39. The fourth-order valence-corrected chi connectivity index (χ4v) is 3.75. The average molecular weight is 338 g/mol. The molecule has 0 unspecified atom stereocenters. The van der Waals surface area contributed by atoms with Gasteiger partial charge in [0.25, 0.3) is 0 Å². The molecule has 0 amide bonds. The SMILES string of the molecule is Cc1ccc(-n2cc(N)c(-c3cc(Cl)sc3Cl)n2)c(C)c1. The van der Waals surface area contributed by atoms with Gasteiger partial charge in [0.05, 0.1) is 21.9 Å². The van der Waals surface area contributed by atoms with Crippen molar-refractivity contribution in [2.75, 3.05) is 5.73 Å². The highest BCUT2D eigenvalue weighted by molar-refractivity contribution is 7.20. The predicted molar refractivity (Wildman–Crippen MR) is 90.8 cm³/mol. The Morgan fingerprint density at radius 1 is 1.19 bits per heavy atom. The van der Waals surface area contributed by atoms with Gasteiger partial charge in [-0.2, -0.15) is 5.10 Å². The van der Waals surface area contributed by atoms with Crippen molar-refractivity contribution >= 4 is 40.2 Å². The van der Waals surface area contributed by atoms with E-state index in [9.17, 15) is 0 Å². The van der Waals surface area contributed by atoms with Gasteiger partial charge in [-0.1, -0.05) is 40.9 Å². The number of anilines is 1. The summed E-state index contributed by atoms with van der Waals surface area (Å²) in [6.45, 7) is 4.11. The first-order chi connectivity index (χ1) is 9.95. The Hall–Kier alpha value is -1.49. The molecule has 1 aromatic carbocycles. The van der Waals surface area contributed by atoms with E-state index in [-0.39, 0.29) is 0 Å². The summed E-state index contributed by atoms with van der Waals surface area (Å²) in [5, 5.41) is 4.57. The minimum atomic E-state index is 0.575. The Kier molecular flexibility index (Phi) is 3.69. The van der Waals surface area contributed by atoms with Crippen LogP contribution in [0.15, 0.2) is 30.5 Å². The van der Waals surface area contributed by atoms with Gasteiger partial charge in [-0.05, 0) is 31.5 Å². The van der Waals surface area contributed by atoms with E-state index in [1.165, 1.54) is 16.9 Å². The molecule has 108 valence electrons. The lowest BCUT2D eigenvalue weighted by atomic mass is 10.1. The van der Waals surface area contributed by atoms with Crippen molar-refractivity contribution in [2.45, 2.75) is 13.8 Å². The number of hydrogen-bond donors (Lipinski definition) is 1. The standard InChI is InChI=1S/C15H13Cl2N3S/c1-8-3-4-12(9(2)5-8)20-7-11(18)14(19-20)10-6-13(16)21-15(10)17/h3-7H,18H2,1-2H3. The summed E-state index contributed by atoms with van der Waals surface area (Å²) in [6.07, 6.45) is 1.80. The third-order valence-corrected chi connectivity index (χ3v) is 4.74. The molecule has 3 nitrogen and oxygen atoms in total. The molecule has 21 heavy (non-hydrogen) atoms. The van der Waals surface area contributed by atoms with Gasteiger partial charge in [-0.15, -0.1) is 11.3 Å². The molecule has 0 saturated heterocycles. The zero-order chi connectivity index (χ0) is 15.1. The van der Waals surface area contributed by atoms with Gasteiger partial charge in [-0.25, -0.2) is 4.68 Å². The fourth-order valence-electron chi connectivity index (χ4n) is 2.28. The van der Waals surface area contributed by atoms with Crippen LogP contribution in [-0.2, 0) is 0 Å². The van der Waals surface area contributed by atoms with Gasteiger partial charge in [0.2, 0.25) is 0 Å². The van der Waals surface area contributed by atoms with Crippen molar-refractivity contribution in [1.82, 2.24) is 9.78 Å². The van der Waals surface area contributed by atoms with Crippen LogP contribution < -0.4 is 5.73 Å². The lowest BCUT2D eigenvalue weighted by Crippen LogP contribution is -1.98. The number of aryl methyl sites for hydroxylation is 2. The van der Waals surface area contributed by atoms with Crippen LogP contribution in [0.3, 0.4) is 0 Å². The number of halogens is 2. The summed E-state index contributed by atoms with van der Waals surface area (Å²) in [6, 6.07) is 7.98. The fraction of sp³-hybridized carbons (Fsp3) is 0.133. The molecule has 3 aromatic rings. The van der Waals surface area contributed by atoms with E-state index in [4.69, 9.17) is 28.9 Å². The van der Waals surface area contributed by atoms with Crippen LogP contribution in [0, 0.1) is 13.8 Å². The smallest absolute Gasteiger partial charge is 0.118 e. The number of rotatable bonds is 2. The molecule has 0 spiro atoms. The normalized spacial score (nSPS) is 11.0. The van der Waals surface area contributed by atoms with E-state index in [0.717, 1.165) is 16.8 Å². The van der Waals surface area contributed by atoms with Crippen LogP contribution in [0.2, 0.25) is 8.67 Å². The number of nitrogen functional groups attached to an aromatic ring is 1. The zero-order valence-electron chi connectivity index (χ0n) is 11.5. The summed E-state index contributed by atoms with van der Waals surface area (Å²) >= 11 is 13.5. The minimum absolute atomic E-state index is 0.575. The maximum atomic E-state index is 6.19. The van der Waals surface area contributed by atoms with Crippen molar-refractivity contribution in [3.8, 4) is 16.9 Å². The van der Waals surface area contributed by atoms with Crippen molar-refractivity contribution < 1.29 is 0 Å². The van der Waals surface area contributed by atoms with Crippen LogP contribution in [0.25, 0.3) is 16.9 Å². The average Bonchev–Trinajstić information content (AvgIpc) is 2.92. The number of nitrogens with two attached hydrogens (primary N) is 1. The summed E-state index contributed by atoms with van der Waals surface area (Å²) in [5.74, 6) is 0. The largest absolute Gasteiger partial charge is 0.396 e. The number of nitrogens with zero attached hydrogens (tertiary/aromatic N) is 2. The third kappa shape index (κ3) is 2.67. The van der Waals surface area contributed by atoms with Gasteiger partial charge in [0.15, 0.2) is 0 Å². The Balaban J connectivity index is 2.11. The maximum absolute atomic E-state index is 6.19. The monoisotopic (exact) mass is 337 g/mol. The highest BCUT2D eigenvalue weighted by atomic mass is 35.5. The first kappa shape index (κ1) is 14.4. The topological polar surface area (TPSA) is 43.8 Å². The van der Waals surface area contributed by atoms with Crippen LogP contribution in [0.1, 0.15) is 11.1 Å². The molecule has 0 fully saturated rings. The summed E-state index contributed by atoms with van der Waals surface area (Å²) in [7, 11) is 0. The van der Waals surface area contributed by atoms with Gasteiger partial charge in [0, 0.05) is 5.56 Å². The molecule has 2 aromatic heterocycles. The zero-order valence-corrected chi connectivity index (χ0v) is 13.9. The van der Waals surface area contributed by atoms with E-state index < -0.39 is 0 Å². The molecule has 6 heteroatoms. The molecular weight excluding hydrogens is 325 g/mol. The maximum Gasteiger partial charge on any atom is 0.118 e. The van der Waals surface area contributed by atoms with E-state index in [1.807, 2.05) is 19.1 Å². The Morgan fingerprint density at radius 3 is 2.57 bits per heavy atom. The number of thiophene rings is 1. The lowest BCUT2D eigenvalue weighted by Gasteiger charge is -2.06. The van der Waals surface area contributed by atoms with E-state index in [0.29, 0.717) is 20.1 Å². The molecule has 0 atom stereocenters. The van der Waals surface area contributed by atoms with Gasteiger partial charge in [-0.3, -0.25) is 0 Å². The molecule has 0 aliphatic carbocycles. The summed E-state index contributed by atoms with van der Waals surface area (Å²) in [5.41, 5.74) is 11.4. The van der Waals surface area contributed by atoms with Crippen molar-refractivity contribution in [3.05, 3.63) is 50.3 Å². The van der Waals surface area contributed by atoms with Crippen LogP contribution >= 0.6 is 34.5 Å². The van der Waals surface area contributed by atoms with Crippen molar-refractivity contribution in [2.24, 2.45) is 0 Å². The Labute approximate surface area is 136 Å². The lowest BCUT2D eigenvalue weighted by molar-refractivity contribution is 0.876. The molecule has 0 aliphatic heterocycles. The molecule has 2 heterocycles. The predicted octanol–water partition coefficient (Wildman–Crippen LogP) is 5.11. The molecule has 0 saturated carbocycles. The first-order valence-corrected chi connectivity index (χ1v) is 7.91. The first-order valence-electron chi connectivity index (χ1n) is 6.33. The van der Waals surface area contributed by atoms with Gasteiger partial charge >= 0.3 is 0 Å². The quantitative estimate of drug-likeness (QED) is 0.706. The van der Waals surface area contributed by atoms with E-state index >= 15 is 0 Å². The molecular formula is C15H13Cl2N3S. The number of aromatic nitrogens is 2. The van der Waals surface area contributed by atoms with E-state index in [2.05, 4.69) is 18.1 Å². The molecule has 0 radical (unpaired) electrons. The minimum Gasteiger partial charge on any atom is -0.396 e. The van der Waals surface area contributed by atoms with Crippen molar-refractivity contribution in [3.63, 3.8) is 0 Å². The Morgan fingerprint density at radius 2 is 1.95 bits per heavy atom. The Bertz CT molecular complexity index is 820. The molecule has 0 bridgehead atoms.